The third kappa shape index (κ3) is 7.00. The number of carbonyl (C=O) groups is 1. The molecule has 0 radical (unpaired) electrons. The van der Waals surface area contributed by atoms with Gasteiger partial charge in [0.25, 0.3) is 0 Å². The van der Waals surface area contributed by atoms with Gasteiger partial charge in [0.1, 0.15) is 5.75 Å². The molecule has 1 rings (SSSR count). The first-order chi connectivity index (χ1) is 10.9. The minimum atomic E-state index is -3.29. The van der Waals surface area contributed by atoms with Gasteiger partial charge in [0, 0.05) is 19.5 Å². The van der Waals surface area contributed by atoms with Crippen LogP contribution in [0.25, 0.3) is 0 Å². The van der Waals surface area contributed by atoms with Crippen molar-refractivity contribution in [3.8, 4) is 5.75 Å². The Balaban J connectivity index is 2.62. The number of hydrogen-bond donors (Lipinski definition) is 1. The quantitative estimate of drug-likeness (QED) is 0.709. The molecule has 1 aromatic carbocycles. The first kappa shape index (κ1) is 19.4. The van der Waals surface area contributed by atoms with E-state index in [0.29, 0.717) is 24.6 Å². The first-order valence-corrected chi connectivity index (χ1v) is 9.70. The molecule has 1 N–H and O–H groups in total. The van der Waals surface area contributed by atoms with E-state index in [1.54, 1.807) is 12.1 Å². The van der Waals surface area contributed by atoms with Gasteiger partial charge in [-0.2, -0.15) is 0 Å². The monoisotopic (exact) mass is 342 g/mol. The van der Waals surface area contributed by atoms with Gasteiger partial charge in [-0.1, -0.05) is 25.5 Å². The van der Waals surface area contributed by atoms with Crippen molar-refractivity contribution in [3.05, 3.63) is 24.3 Å². The second-order valence-corrected chi connectivity index (χ2v) is 7.23. The minimum Gasteiger partial charge on any atom is -0.492 e. The van der Waals surface area contributed by atoms with Crippen LogP contribution >= 0.6 is 0 Å². The molecule has 0 aromatic heterocycles. The highest BCUT2D eigenvalue weighted by Gasteiger charge is 2.17. The molecule has 23 heavy (non-hydrogen) atoms. The molecule has 0 unspecified atom stereocenters. The molecular weight excluding hydrogens is 316 g/mol. The number of anilines is 1. The largest absolute Gasteiger partial charge is 0.492 e. The Kier molecular flexibility index (Phi) is 8.05. The molecule has 0 aliphatic rings. The number of nitrogens with one attached hydrogen (secondary N) is 1. The second kappa shape index (κ2) is 9.52. The van der Waals surface area contributed by atoms with Crippen LogP contribution in [0.2, 0.25) is 0 Å². The molecule has 0 atom stereocenters. The molecule has 1 aromatic rings. The molecule has 130 valence electrons. The van der Waals surface area contributed by atoms with Crippen LogP contribution in [-0.4, -0.2) is 44.6 Å². The maximum absolute atomic E-state index is 12.1. The number of unbranched alkanes of at least 4 members (excludes halogenated alkanes) is 1. The van der Waals surface area contributed by atoms with E-state index in [2.05, 4.69) is 5.32 Å². The van der Waals surface area contributed by atoms with Gasteiger partial charge in [0.2, 0.25) is 15.9 Å². The third-order valence-electron chi connectivity index (χ3n) is 3.28. The van der Waals surface area contributed by atoms with E-state index in [1.807, 2.05) is 26.0 Å². The fourth-order valence-electron chi connectivity index (χ4n) is 2.07. The summed E-state index contributed by atoms with van der Waals surface area (Å²) in [5.41, 5.74) is 0.596. The molecule has 0 saturated heterocycles. The Bertz CT molecular complexity index is 602. The van der Waals surface area contributed by atoms with Gasteiger partial charge in [-0.05, 0) is 25.5 Å². The number of ether oxygens (including phenoxy) is 1. The van der Waals surface area contributed by atoms with Crippen molar-refractivity contribution in [1.82, 2.24) is 4.31 Å². The Morgan fingerprint density at radius 2 is 1.91 bits per heavy atom. The van der Waals surface area contributed by atoms with Crippen molar-refractivity contribution < 1.29 is 17.9 Å². The number of rotatable bonds is 10. The van der Waals surface area contributed by atoms with Crippen LogP contribution in [0, 0.1) is 0 Å². The molecule has 0 aliphatic carbocycles. The minimum absolute atomic E-state index is 0.108. The second-order valence-electron chi connectivity index (χ2n) is 5.24. The number of hydrogen-bond acceptors (Lipinski definition) is 4. The summed E-state index contributed by atoms with van der Waals surface area (Å²) in [6, 6.07) is 7.18. The van der Waals surface area contributed by atoms with Crippen LogP contribution in [0.1, 0.15) is 33.1 Å². The number of carbonyl (C=O) groups excluding carboxylic acids is 1. The summed E-state index contributed by atoms with van der Waals surface area (Å²) < 4.78 is 30.2. The summed E-state index contributed by atoms with van der Waals surface area (Å²) in [5, 5.41) is 2.77. The van der Waals surface area contributed by atoms with E-state index in [9.17, 15) is 13.2 Å². The van der Waals surface area contributed by atoms with Crippen LogP contribution in [-0.2, 0) is 14.8 Å². The van der Waals surface area contributed by atoms with E-state index >= 15 is 0 Å². The van der Waals surface area contributed by atoms with Crippen LogP contribution in [0.15, 0.2) is 24.3 Å². The van der Waals surface area contributed by atoms with Gasteiger partial charge >= 0.3 is 0 Å². The van der Waals surface area contributed by atoms with E-state index in [0.717, 1.165) is 12.8 Å². The topological polar surface area (TPSA) is 75.7 Å². The zero-order valence-corrected chi connectivity index (χ0v) is 14.9. The predicted octanol–water partition coefficient (Wildman–Crippen LogP) is 2.48. The Hall–Kier alpha value is -1.60. The fraction of sp³-hybridized carbons (Fsp3) is 0.562. The lowest BCUT2D eigenvalue weighted by atomic mass is 10.2. The normalized spacial score (nSPS) is 11.5. The molecule has 1 amide bonds. The van der Waals surface area contributed by atoms with Gasteiger partial charge in [0.05, 0.1) is 18.6 Å². The molecule has 0 heterocycles. The van der Waals surface area contributed by atoms with Crippen molar-refractivity contribution in [2.45, 2.75) is 33.1 Å². The molecule has 0 fully saturated rings. The maximum Gasteiger partial charge on any atom is 0.225 e. The molecule has 7 heteroatoms. The molecule has 0 aliphatic heterocycles. The average Bonchev–Trinajstić information content (AvgIpc) is 2.48. The Morgan fingerprint density at radius 1 is 1.22 bits per heavy atom. The summed E-state index contributed by atoms with van der Waals surface area (Å²) in [4.78, 5) is 12.1. The Labute approximate surface area is 138 Å². The zero-order chi connectivity index (χ0) is 17.3. The smallest absolute Gasteiger partial charge is 0.225 e. The number of benzene rings is 1. The summed E-state index contributed by atoms with van der Waals surface area (Å²) in [6.45, 7) is 5.00. The van der Waals surface area contributed by atoms with Crippen LogP contribution in [0.5, 0.6) is 5.75 Å². The van der Waals surface area contributed by atoms with Crippen molar-refractivity contribution in [3.63, 3.8) is 0 Å². The van der Waals surface area contributed by atoms with E-state index in [1.165, 1.54) is 10.6 Å². The van der Waals surface area contributed by atoms with Gasteiger partial charge in [-0.3, -0.25) is 4.79 Å². The van der Waals surface area contributed by atoms with E-state index in [-0.39, 0.29) is 18.9 Å². The summed E-state index contributed by atoms with van der Waals surface area (Å²) >= 11 is 0. The van der Waals surface area contributed by atoms with Crippen molar-refractivity contribution in [1.29, 1.82) is 0 Å². The molecule has 6 nitrogen and oxygen atoms in total. The lowest BCUT2D eigenvalue weighted by molar-refractivity contribution is -0.116. The predicted molar refractivity (Wildman–Crippen MR) is 92.2 cm³/mol. The van der Waals surface area contributed by atoms with Crippen molar-refractivity contribution >= 4 is 21.6 Å². The average molecular weight is 342 g/mol. The van der Waals surface area contributed by atoms with Crippen LogP contribution in [0.4, 0.5) is 5.69 Å². The standard InChI is InChI=1S/C16H26N2O4S/c1-4-6-12-18(23(3,20)21)13-11-16(19)17-14-9-7-8-10-15(14)22-5-2/h7-10H,4-6,11-13H2,1-3H3,(H,17,19). The number of nitrogens with zero attached hydrogens (tertiary/aromatic N) is 1. The molecule has 0 saturated carbocycles. The SMILES string of the molecule is CCCCN(CCC(=O)Nc1ccccc1OCC)S(C)(=O)=O. The highest BCUT2D eigenvalue weighted by atomic mass is 32.2. The van der Waals surface area contributed by atoms with E-state index in [4.69, 9.17) is 4.74 Å². The number of sulfonamides is 1. The summed E-state index contributed by atoms with van der Waals surface area (Å²) in [6.07, 6.45) is 2.96. The summed E-state index contributed by atoms with van der Waals surface area (Å²) in [7, 11) is -3.29. The molecule has 0 spiro atoms. The van der Waals surface area contributed by atoms with Crippen LogP contribution in [0.3, 0.4) is 0 Å². The van der Waals surface area contributed by atoms with Crippen molar-refractivity contribution in [2.75, 3.05) is 31.3 Å². The van der Waals surface area contributed by atoms with Gasteiger partial charge < -0.3 is 10.1 Å². The maximum atomic E-state index is 12.1. The number of para-hydroxylation sites is 2. The lowest BCUT2D eigenvalue weighted by Gasteiger charge is -2.19. The lowest BCUT2D eigenvalue weighted by Crippen LogP contribution is -2.33. The van der Waals surface area contributed by atoms with Crippen LogP contribution < -0.4 is 10.1 Å². The first-order valence-electron chi connectivity index (χ1n) is 7.85. The van der Waals surface area contributed by atoms with Gasteiger partial charge in [-0.15, -0.1) is 0 Å². The number of amides is 1. The Morgan fingerprint density at radius 3 is 2.52 bits per heavy atom. The zero-order valence-electron chi connectivity index (χ0n) is 14.0. The van der Waals surface area contributed by atoms with E-state index < -0.39 is 10.0 Å². The van der Waals surface area contributed by atoms with Gasteiger partial charge in [-0.25, -0.2) is 12.7 Å². The fourth-order valence-corrected chi connectivity index (χ4v) is 2.95. The molecular formula is C16H26N2O4S. The summed E-state index contributed by atoms with van der Waals surface area (Å²) in [5.74, 6) is 0.372. The van der Waals surface area contributed by atoms with Crippen molar-refractivity contribution in [2.24, 2.45) is 0 Å². The highest BCUT2D eigenvalue weighted by Crippen LogP contribution is 2.23. The van der Waals surface area contributed by atoms with Gasteiger partial charge in [0.15, 0.2) is 0 Å². The molecule has 0 bridgehead atoms. The third-order valence-corrected chi connectivity index (χ3v) is 4.58. The highest BCUT2D eigenvalue weighted by molar-refractivity contribution is 7.88.